The van der Waals surface area contributed by atoms with E-state index in [4.69, 9.17) is 14.7 Å². The molecular weight excluding hydrogens is 364 g/mol. The van der Waals surface area contributed by atoms with E-state index >= 15 is 0 Å². The maximum atomic E-state index is 12.7. The van der Waals surface area contributed by atoms with Crippen LogP contribution in [0.15, 0.2) is 54.7 Å². The fraction of sp³-hybridized carbons (Fsp3) is 0.0870. The highest BCUT2D eigenvalue weighted by atomic mass is 16.5. The molecule has 0 aliphatic carbocycles. The van der Waals surface area contributed by atoms with Gasteiger partial charge in [-0.3, -0.25) is 4.79 Å². The Labute approximate surface area is 167 Å². The lowest BCUT2D eigenvalue weighted by atomic mass is 10.0. The number of carbonyl (C=O) groups is 1. The van der Waals surface area contributed by atoms with Gasteiger partial charge in [0.1, 0.15) is 5.75 Å². The Bertz CT molecular complexity index is 1290. The lowest BCUT2D eigenvalue weighted by molar-refractivity contribution is -0.110. The van der Waals surface area contributed by atoms with Crippen LogP contribution in [0, 0.1) is 6.92 Å². The van der Waals surface area contributed by atoms with E-state index < -0.39 is 0 Å². The predicted octanol–water partition coefficient (Wildman–Crippen LogP) is 4.43. The molecule has 2 aromatic carbocycles. The molecule has 6 heteroatoms. The highest BCUT2D eigenvalue weighted by molar-refractivity contribution is 6.37. The van der Waals surface area contributed by atoms with Gasteiger partial charge in [0.15, 0.2) is 0 Å². The quantitative estimate of drug-likeness (QED) is 0.514. The molecule has 29 heavy (non-hydrogen) atoms. The third kappa shape index (κ3) is 2.77. The number of anilines is 1. The van der Waals surface area contributed by atoms with E-state index in [2.05, 4.69) is 10.3 Å². The number of nitrogens with one attached hydrogen (secondary N) is 2. The average molecular weight is 382 g/mol. The minimum atomic E-state index is -0.171. The first kappa shape index (κ1) is 17.2. The normalized spacial score (nSPS) is 14.3. The summed E-state index contributed by atoms with van der Waals surface area (Å²) in [5.74, 6) is 0.503. The number of amides is 1. The van der Waals surface area contributed by atoms with E-state index in [9.17, 15) is 4.79 Å². The van der Waals surface area contributed by atoms with Crippen LogP contribution in [0.5, 0.6) is 5.75 Å². The van der Waals surface area contributed by atoms with E-state index in [0.717, 1.165) is 39.4 Å². The molecule has 4 aromatic rings. The van der Waals surface area contributed by atoms with Gasteiger partial charge in [-0.15, -0.1) is 0 Å². The second-order valence-electron chi connectivity index (χ2n) is 6.85. The van der Waals surface area contributed by atoms with Crippen molar-refractivity contribution in [3.63, 3.8) is 0 Å². The fourth-order valence-electron chi connectivity index (χ4n) is 3.70. The molecular formula is C23H18N4O2. The lowest BCUT2D eigenvalue weighted by Gasteiger charge is -2.10. The molecule has 0 saturated carbocycles. The van der Waals surface area contributed by atoms with Crippen LogP contribution in [0.2, 0.25) is 0 Å². The summed E-state index contributed by atoms with van der Waals surface area (Å²) in [5, 5.41) is 2.93. The molecule has 0 saturated heterocycles. The number of aromatic amines is 1. The number of fused-ring (bicyclic) bond motifs is 3. The minimum absolute atomic E-state index is 0.171. The number of nitrogens with zero attached hydrogens (tertiary/aromatic N) is 2. The summed E-state index contributed by atoms with van der Waals surface area (Å²) < 4.78 is 5.35. The largest absolute Gasteiger partial charge is 0.495 e. The third-order valence-electron chi connectivity index (χ3n) is 5.07. The predicted molar refractivity (Wildman–Crippen MR) is 114 cm³/mol. The number of aryl methyl sites for hydroxylation is 1. The first-order chi connectivity index (χ1) is 14.2. The van der Waals surface area contributed by atoms with Gasteiger partial charge in [-0.25, -0.2) is 9.97 Å². The van der Waals surface area contributed by atoms with Crippen LogP contribution >= 0.6 is 0 Å². The van der Waals surface area contributed by atoms with Gasteiger partial charge in [0, 0.05) is 17.3 Å². The number of rotatable bonds is 3. The summed E-state index contributed by atoms with van der Waals surface area (Å²) in [6.07, 6.45) is 3.57. The molecule has 1 aliphatic rings. The molecule has 3 heterocycles. The maximum Gasteiger partial charge on any atom is 0.256 e. The molecule has 2 N–H and O–H groups in total. The molecule has 1 amide bonds. The molecule has 1 aliphatic heterocycles. The first-order valence-electron chi connectivity index (χ1n) is 9.27. The van der Waals surface area contributed by atoms with E-state index in [1.807, 2.05) is 55.5 Å². The van der Waals surface area contributed by atoms with Crippen molar-refractivity contribution in [2.24, 2.45) is 0 Å². The first-order valence-corrected chi connectivity index (χ1v) is 9.27. The minimum Gasteiger partial charge on any atom is -0.495 e. The van der Waals surface area contributed by atoms with Crippen molar-refractivity contribution in [3.05, 3.63) is 71.7 Å². The zero-order valence-electron chi connectivity index (χ0n) is 16.0. The van der Waals surface area contributed by atoms with Gasteiger partial charge in [-0.1, -0.05) is 30.3 Å². The smallest absolute Gasteiger partial charge is 0.256 e. The number of aromatic nitrogens is 3. The zero-order chi connectivity index (χ0) is 20.0. The number of benzene rings is 2. The van der Waals surface area contributed by atoms with Gasteiger partial charge < -0.3 is 15.0 Å². The molecule has 5 rings (SSSR count). The van der Waals surface area contributed by atoms with Gasteiger partial charge in [-0.05, 0) is 31.2 Å². The monoisotopic (exact) mass is 382 g/mol. The van der Waals surface area contributed by atoms with Crippen LogP contribution in [0.1, 0.15) is 17.0 Å². The third-order valence-corrected chi connectivity index (χ3v) is 5.07. The summed E-state index contributed by atoms with van der Waals surface area (Å²) in [5.41, 5.74) is 6.88. The van der Waals surface area contributed by atoms with Gasteiger partial charge in [0.25, 0.3) is 5.91 Å². The van der Waals surface area contributed by atoms with Crippen LogP contribution in [-0.2, 0) is 4.79 Å². The average Bonchev–Trinajstić information content (AvgIpc) is 3.32. The lowest BCUT2D eigenvalue weighted by Crippen LogP contribution is -2.03. The number of hydrogen-bond acceptors (Lipinski definition) is 4. The summed E-state index contributed by atoms with van der Waals surface area (Å²) >= 11 is 0. The van der Waals surface area contributed by atoms with Crippen LogP contribution in [0.3, 0.4) is 0 Å². The van der Waals surface area contributed by atoms with Crippen LogP contribution < -0.4 is 10.1 Å². The van der Waals surface area contributed by atoms with Crippen molar-refractivity contribution in [1.29, 1.82) is 0 Å². The Kier molecular flexibility index (Phi) is 3.91. The summed E-state index contributed by atoms with van der Waals surface area (Å²) in [6.45, 7) is 1.94. The van der Waals surface area contributed by atoms with Crippen molar-refractivity contribution >= 4 is 34.3 Å². The van der Waals surface area contributed by atoms with Gasteiger partial charge in [-0.2, -0.15) is 0 Å². The highest BCUT2D eigenvalue weighted by Crippen LogP contribution is 2.39. The van der Waals surface area contributed by atoms with Crippen LogP contribution in [-0.4, -0.2) is 28.0 Å². The summed E-state index contributed by atoms with van der Waals surface area (Å²) in [7, 11) is 1.60. The second kappa shape index (κ2) is 6.60. The topological polar surface area (TPSA) is 79.9 Å². The SMILES string of the molecule is COc1cc[nH]c1C=C1C(=O)Nc2ccc3nc(-c4ccccc4)c(C)nc3c21. The Hall–Kier alpha value is -3.93. The van der Waals surface area contributed by atoms with Crippen molar-refractivity contribution in [3.8, 4) is 17.0 Å². The van der Waals surface area contributed by atoms with E-state index in [1.165, 1.54) is 0 Å². The molecule has 2 aromatic heterocycles. The Morgan fingerprint density at radius 3 is 2.66 bits per heavy atom. The van der Waals surface area contributed by atoms with Gasteiger partial charge in [0.05, 0.1) is 46.5 Å². The molecule has 0 atom stereocenters. The molecule has 142 valence electrons. The van der Waals surface area contributed by atoms with Crippen molar-refractivity contribution in [2.45, 2.75) is 6.92 Å². The van der Waals surface area contributed by atoms with E-state index in [0.29, 0.717) is 16.8 Å². The molecule has 0 radical (unpaired) electrons. The Morgan fingerprint density at radius 1 is 1.03 bits per heavy atom. The Morgan fingerprint density at radius 2 is 1.86 bits per heavy atom. The van der Waals surface area contributed by atoms with E-state index in [-0.39, 0.29) is 5.91 Å². The number of ether oxygens (including phenoxy) is 1. The van der Waals surface area contributed by atoms with Gasteiger partial charge >= 0.3 is 0 Å². The molecule has 0 bridgehead atoms. The van der Waals surface area contributed by atoms with Gasteiger partial charge in [0.2, 0.25) is 0 Å². The standard InChI is InChI=1S/C23H18N4O2/c1-13-21(14-6-4-3-5-7-14)26-17-9-8-16-20(22(17)25-13)15(23(28)27-16)12-18-19(29-2)10-11-24-18/h3-12,24H,1-2H3,(H,27,28). The zero-order valence-corrected chi connectivity index (χ0v) is 16.0. The molecule has 0 unspecified atom stereocenters. The number of hydrogen-bond donors (Lipinski definition) is 2. The van der Waals surface area contributed by atoms with Crippen molar-refractivity contribution in [2.75, 3.05) is 12.4 Å². The fourth-order valence-corrected chi connectivity index (χ4v) is 3.70. The molecule has 6 nitrogen and oxygen atoms in total. The highest BCUT2D eigenvalue weighted by Gasteiger charge is 2.28. The summed E-state index contributed by atoms with van der Waals surface area (Å²) in [6, 6.07) is 15.6. The number of H-pyrrole nitrogens is 1. The van der Waals surface area contributed by atoms with E-state index in [1.54, 1.807) is 19.4 Å². The second-order valence-corrected chi connectivity index (χ2v) is 6.85. The van der Waals surface area contributed by atoms with Crippen LogP contribution in [0.25, 0.3) is 33.9 Å². The summed E-state index contributed by atoms with van der Waals surface area (Å²) in [4.78, 5) is 25.5. The molecule has 0 spiro atoms. The van der Waals surface area contributed by atoms with Crippen LogP contribution in [0.4, 0.5) is 5.69 Å². The van der Waals surface area contributed by atoms with Crippen molar-refractivity contribution in [1.82, 2.24) is 15.0 Å². The molecule has 0 fully saturated rings. The number of methoxy groups -OCH3 is 1. The maximum absolute atomic E-state index is 12.7. The Balaban J connectivity index is 1.72. The van der Waals surface area contributed by atoms with Crippen molar-refractivity contribution < 1.29 is 9.53 Å². The number of carbonyl (C=O) groups excluding carboxylic acids is 1.